The van der Waals surface area contributed by atoms with Crippen molar-refractivity contribution in [2.45, 2.75) is 64.5 Å². The van der Waals surface area contributed by atoms with Gasteiger partial charge in [0.1, 0.15) is 0 Å². The summed E-state index contributed by atoms with van der Waals surface area (Å²) in [5, 5.41) is 13.0. The molecule has 0 atom stereocenters. The summed E-state index contributed by atoms with van der Waals surface area (Å²) in [6.07, 6.45) is 3.90. The SMILES string of the molecule is CC(C)(O)C(C)(C)NC(=O)C1CCC(CN)CC1. The fraction of sp³-hybridized carbons (Fsp3) is 0.929. The Morgan fingerprint density at radius 2 is 1.72 bits per heavy atom. The van der Waals surface area contributed by atoms with E-state index in [2.05, 4.69) is 5.32 Å². The van der Waals surface area contributed by atoms with E-state index in [1.165, 1.54) is 0 Å². The number of amides is 1. The van der Waals surface area contributed by atoms with Crippen LogP contribution in [-0.4, -0.2) is 28.7 Å². The molecule has 0 unspecified atom stereocenters. The average Bonchev–Trinajstić information content (AvgIpc) is 2.27. The Hall–Kier alpha value is -0.610. The first kappa shape index (κ1) is 15.4. The number of nitrogens with two attached hydrogens (primary N) is 1. The van der Waals surface area contributed by atoms with E-state index < -0.39 is 11.1 Å². The lowest BCUT2D eigenvalue weighted by Crippen LogP contribution is -2.59. The molecule has 1 aliphatic rings. The first-order chi connectivity index (χ1) is 8.17. The molecule has 0 aromatic heterocycles. The lowest BCUT2D eigenvalue weighted by Gasteiger charge is -2.39. The Kier molecular flexibility index (Phi) is 4.78. The summed E-state index contributed by atoms with van der Waals surface area (Å²) < 4.78 is 0. The van der Waals surface area contributed by atoms with Crippen LogP contribution in [0.3, 0.4) is 0 Å². The van der Waals surface area contributed by atoms with Crippen LogP contribution in [0.5, 0.6) is 0 Å². The number of rotatable bonds is 4. The minimum absolute atomic E-state index is 0.0672. The maximum atomic E-state index is 12.2. The zero-order valence-electron chi connectivity index (χ0n) is 12.1. The zero-order valence-corrected chi connectivity index (χ0v) is 12.1. The lowest BCUT2D eigenvalue weighted by molar-refractivity contribution is -0.131. The third kappa shape index (κ3) is 3.69. The van der Waals surface area contributed by atoms with Crippen molar-refractivity contribution in [2.75, 3.05) is 6.54 Å². The van der Waals surface area contributed by atoms with Crippen molar-refractivity contribution in [1.82, 2.24) is 5.32 Å². The molecule has 1 aliphatic carbocycles. The van der Waals surface area contributed by atoms with Gasteiger partial charge >= 0.3 is 0 Å². The first-order valence-electron chi connectivity index (χ1n) is 6.92. The molecule has 0 aliphatic heterocycles. The van der Waals surface area contributed by atoms with Gasteiger partial charge in [0.2, 0.25) is 5.91 Å². The van der Waals surface area contributed by atoms with Gasteiger partial charge in [-0.1, -0.05) is 0 Å². The van der Waals surface area contributed by atoms with Crippen LogP contribution in [0.15, 0.2) is 0 Å². The molecule has 0 radical (unpaired) electrons. The monoisotopic (exact) mass is 256 g/mol. The van der Waals surface area contributed by atoms with Crippen LogP contribution in [0.25, 0.3) is 0 Å². The molecule has 1 saturated carbocycles. The summed E-state index contributed by atoms with van der Waals surface area (Å²) in [7, 11) is 0. The Bertz CT molecular complexity index is 287. The highest BCUT2D eigenvalue weighted by atomic mass is 16.3. The van der Waals surface area contributed by atoms with Crippen LogP contribution in [-0.2, 0) is 4.79 Å². The minimum atomic E-state index is -0.933. The molecule has 4 nitrogen and oxygen atoms in total. The Balaban J connectivity index is 2.52. The van der Waals surface area contributed by atoms with Gasteiger partial charge in [0, 0.05) is 5.92 Å². The van der Waals surface area contributed by atoms with Gasteiger partial charge in [-0.3, -0.25) is 4.79 Å². The topological polar surface area (TPSA) is 75.3 Å². The lowest BCUT2D eigenvalue weighted by atomic mass is 9.80. The standard InChI is InChI=1S/C14H28N2O2/c1-13(2,14(3,4)18)16-12(17)11-7-5-10(9-15)6-8-11/h10-11,18H,5-9,15H2,1-4H3,(H,16,17). The van der Waals surface area contributed by atoms with E-state index in [0.29, 0.717) is 5.92 Å². The summed E-state index contributed by atoms with van der Waals surface area (Å²) in [6.45, 7) is 7.88. The maximum absolute atomic E-state index is 12.2. The number of nitrogens with one attached hydrogen (secondary N) is 1. The largest absolute Gasteiger partial charge is 0.388 e. The molecular weight excluding hydrogens is 228 g/mol. The second-order valence-electron chi connectivity index (χ2n) is 6.63. The van der Waals surface area contributed by atoms with Crippen LogP contribution in [0.2, 0.25) is 0 Å². The predicted molar refractivity (Wildman–Crippen MR) is 73.0 cm³/mol. The molecule has 0 aromatic rings. The highest BCUT2D eigenvalue weighted by Gasteiger charge is 2.38. The van der Waals surface area contributed by atoms with E-state index >= 15 is 0 Å². The van der Waals surface area contributed by atoms with Gasteiger partial charge in [0.15, 0.2) is 0 Å². The normalized spacial score (nSPS) is 25.9. The van der Waals surface area contributed by atoms with E-state index in [0.717, 1.165) is 32.2 Å². The molecule has 18 heavy (non-hydrogen) atoms. The first-order valence-corrected chi connectivity index (χ1v) is 6.92. The van der Waals surface area contributed by atoms with Crippen molar-refractivity contribution >= 4 is 5.91 Å². The molecule has 0 bridgehead atoms. The summed E-state index contributed by atoms with van der Waals surface area (Å²) in [6, 6.07) is 0. The third-order valence-corrected chi connectivity index (χ3v) is 4.52. The number of hydrogen-bond acceptors (Lipinski definition) is 3. The van der Waals surface area contributed by atoms with Crippen LogP contribution in [0, 0.1) is 11.8 Å². The number of carbonyl (C=O) groups is 1. The van der Waals surface area contributed by atoms with Gasteiger partial charge in [0.25, 0.3) is 0 Å². The summed E-state index contributed by atoms with van der Waals surface area (Å²) >= 11 is 0. The van der Waals surface area contributed by atoms with Crippen LogP contribution >= 0.6 is 0 Å². The Labute approximate surface area is 110 Å². The number of hydrogen-bond donors (Lipinski definition) is 3. The Morgan fingerprint density at radius 1 is 1.22 bits per heavy atom. The second-order valence-corrected chi connectivity index (χ2v) is 6.63. The molecule has 4 heteroatoms. The van der Waals surface area contributed by atoms with Crippen LogP contribution in [0.1, 0.15) is 53.4 Å². The third-order valence-electron chi connectivity index (χ3n) is 4.52. The van der Waals surface area contributed by atoms with Gasteiger partial charge in [-0.15, -0.1) is 0 Å². The van der Waals surface area contributed by atoms with Gasteiger partial charge in [-0.2, -0.15) is 0 Å². The fourth-order valence-corrected chi connectivity index (χ4v) is 2.22. The molecular formula is C14H28N2O2. The number of aliphatic hydroxyl groups is 1. The van der Waals surface area contributed by atoms with Crippen molar-refractivity contribution in [3.63, 3.8) is 0 Å². The van der Waals surface area contributed by atoms with Gasteiger partial charge in [-0.05, 0) is 65.8 Å². The molecule has 0 spiro atoms. The van der Waals surface area contributed by atoms with Crippen molar-refractivity contribution in [3.05, 3.63) is 0 Å². The zero-order chi connectivity index (χ0) is 14.0. The molecule has 106 valence electrons. The summed E-state index contributed by atoms with van der Waals surface area (Å²) in [5.74, 6) is 0.725. The van der Waals surface area contributed by atoms with Crippen molar-refractivity contribution in [3.8, 4) is 0 Å². The van der Waals surface area contributed by atoms with Gasteiger partial charge < -0.3 is 16.2 Å². The van der Waals surface area contributed by atoms with Crippen LogP contribution in [0.4, 0.5) is 0 Å². The van der Waals surface area contributed by atoms with Crippen molar-refractivity contribution in [2.24, 2.45) is 17.6 Å². The van der Waals surface area contributed by atoms with E-state index in [9.17, 15) is 9.90 Å². The minimum Gasteiger partial charge on any atom is -0.388 e. The average molecular weight is 256 g/mol. The molecule has 0 aromatic carbocycles. The maximum Gasteiger partial charge on any atom is 0.223 e. The predicted octanol–water partition coefficient (Wildman–Crippen LogP) is 1.42. The summed E-state index contributed by atoms with van der Waals surface area (Å²) in [4.78, 5) is 12.2. The second kappa shape index (κ2) is 5.57. The molecule has 1 rings (SSSR count). The van der Waals surface area contributed by atoms with E-state index in [1.807, 2.05) is 13.8 Å². The van der Waals surface area contributed by atoms with Gasteiger partial charge in [0.05, 0.1) is 11.1 Å². The van der Waals surface area contributed by atoms with E-state index in [4.69, 9.17) is 5.73 Å². The quantitative estimate of drug-likeness (QED) is 0.712. The smallest absolute Gasteiger partial charge is 0.223 e. The fourth-order valence-electron chi connectivity index (χ4n) is 2.22. The molecule has 0 heterocycles. The molecule has 0 saturated heterocycles. The van der Waals surface area contributed by atoms with E-state index in [1.54, 1.807) is 13.8 Å². The highest BCUT2D eigenvalue weighted by Crippen LogP contribution is 2.29. The number of carbonyl (C=O) groups excluding carboxylic acids is 1. The van der Waals surface area contributed by atoms with E-state index in [-0.39, 0.29) is 11.8 Å². The Morgan fingerprint density at radius 3 is 2.11 bits per heavy atom. The highest BCUT2D eigenvalue weighted by molar-refractivity contribution is 5.79. The van der Waals surface area contributed by atoms with Crippen molar-refractivity contribution < 1.29 is 9.90 Å². The van der Waals surface area contributed by atoms with Gasteiger partial charge in [-0.25, -0.2) is 0 Å². The van der Waals surface area contributed by atoms with Crippen LogP contribution < -0.4 is 11.1 Å². The molecule has 1 amide bonds. The molecule has 1 fully saturated rings. The molecule has 4 N–H and O–H groups in total. The van der Waals surface area contributed by atoms with Crippen molar-refractivity contribution in [1.29, 1.82) is 0 Å². The summed E-state index contributed by atoms with van der Waals surface area (Å²) in [5.41, 5.74) is 4.10.